The van der Waals surface area contributed by atoms with Gasteiger partial charge in [-0.2, -0.15) is 0 Å². The number of fused-ring (bicyclic) bond motifs is 1. The van der Waals surface area contributed by atoms with E-state index < -0.39 is 0 Å². The Morgan fingerprint density at radius 2 is 1.94 bits per heavy atom. The number of carbonyl (C=O) groups excluding carboxylic acids is 1. The Morgan fingerprint density at radius 1 is 1.06 bits per heavy atom. The Kier molecular flexibility index (Phi) is 5.24. The highest BCUT2D eigenvalue weighted by Gasteiger charge is 2.33. The van der Waals surface area contributed by atoms with Crippen LogP contribution in [0.1, 0.15) is 41.4 Å². The number of carbonyl (C=O) groups is 1. The molecule has 2 aliphatic heterocycles. The molecule has 2 aliphatic rings. The average molecular weight is 420 g/mol. The van der Waals surface area contributed by atoms with Crippen LogP contribution in [-0.2, 0) is 0 Å². The fourth-order valence-corrected chi connectivity index (χ4v) is 4.18. The van der Waals surface area contributed by atoms with E-state index >= 15 is 0 Å². The fraction of sp³-hybridized carbons (Fsp3) is 0.333. The summed E-state index contributed by atoms with van der Waals surface area (Å²) in [6, 6.07) is 15.1. The molecule has 0 saturated carbocycles. The number of nitrogens with zero attached hydrogens (tertiary/aromatic N) is 2. The molecule has 0 N–H and O–H groups in total. The quantitative estimate of drug-likeness (QED) is 0.619. The predicted octanol–water partition coefficient (Wildman–Crippen LogP) is 4.49. The molecule has 1 saturated heterocycles. The Morgan fingerprint density at radius 3 is 2.81 bits per heavy atom. The van der Waals surface area contributed by atoms with Crippen molar-refractivity contribution in [1.29, 1.82) is 0 Å². The van der Waals surface area contributed by atoms with Crippen LogP contribution in [0.15, 0.2) is 53.1 Å². The van der Waals surface area contributed by atoms with Gasteiger partial charge in [-0.15, -0.1) is 0 Å². The molecule has 7 nitrogen and oxygen atoms in total. The molecule has 1 atom stereocenters. The number of ether oxygens (including phenoxy) is 3. The van der Waals surface area contributed by atoms with Gasteiger partial charge in [0.15, 0.2) is 11.5 Å². The van der Waals surface area contributed by atoms with Crippen molar-refractivity contribution in [3.05, 3.63) is 59.9 Å². The van der Waals surface area contributed by atoms with E-state index in [0.717, 1.165) is 47.6 Å². The molecule has 0 aliphatic carbocycles. The Hall–Kier alpha value is -3.48. The summed E-state index contributed by atoms with van der Waals surface area (Å²) in [7, 11) is 1.62. The van der Waals surface area contributed by atoms with Gasteiger partial charge in [0.25, 0.3) is 5.91 Å². The zero-order valence-electron chi connectivity index (χ0n) is 17.4. The summed E-state index contributed by atoms with van der Waals surface area (Å²) in [5, 5.41) is 4.11. The molecule has 0 radical (unpaired) electrons. The van der Waals surface area contributed by atoms with Crippen molar-refractivity contribution < 1.29 is 23.5 Å². The van der Waals surface area contributed by atoms with E-state index in [4.69, 9.17) is 18.7 Å². The van der Waals surface area contributed by atoms with E-state index in [-0.39, 0.29) is 17.7 Å². The molecule has 31 heavy (non-hydrogen) atoms. The molecular weight excluding hydrogens is 396 g/mol. The van der Waals surface area contributed by atoms with Crippen LogP contribution in [0, 0.1) is 0 Å². The standard InChI is InChI=1S/C24H24N2O5/c1-28-18-6-2-5-16(13-18)19-15-23(31-25-19)24(27)26-10-3-7-20(26)17-8-9-21-22(14-17)30-12-4-11-29-21/h2,5-6,8-9,13-15,20H,3-4,7,10-12H2,1H3. The van der Waals surface area contributed by atoms with E-state index in [0.29, 0.717) is 25.5 Å². The number of amides is 1. The highest BCUT2D eigenvalue weighted by atomic mass is 16.5. The van der Waals surface area contributed by atoms with E-state index in [1.165, 1.54) is 0 Å². The van der Waals surface area contributed by atoms with Crippen LogP contribution in [0.3, 0.4) is 0 Å². The summed E-state index contributed by atoms with van der Waals surface area (Å²) < 4.78 is 22.3. The number of hydrogen-bond acceptors (Lipinski definition) is 6. The second-order valence-electron chi connectivity index (χ2n) is 7.72. The van der Waals surface area contributed by atoms with Gasteiger partial charge in [0, 0.05) is 24.6 Å². The van der Waals surface area contributed by atoms with E-state index in [9.17, 15) is 4.79 Å². The molecule has 1 unspecified atom stereocenters. The van der Waals surface area contributed by atoms with Crippen LogP contribution in [0.25, 0.3) is 11.3 Å². The summed E-state index contributed by atoms with van der Waals surface area (Å²) in [6.45, 7) is 1.96. The van der Waals surface area contributed by atoms with Crippen LogP contribution < -0.4 is 14.2 Å². The van der Waals surface area contributed by atoms with E-state index in [1.807, 2.05) is 47.4 Å². The van der Waals surface area contributed by atoms with E-state index in [2.05, 4.69) is 5.16 Å². The molecule has 1 aromatic heterocycles. The van der Waals surface area contributed by atoms with Crippen LogP contribution in [-0.4, -0.2) is 42.8 Å². The monoisotopic (exact) mass is 420 g/mol. The summed E-state index contributed by atoms with van der Waals surface area (Å²) in [6.07, 6.45) is 2.68. The SMILES string of the molecule is COc1cccc(-c2cc(C(=O)N3CCCC3c3ccc4c(c3)OCCCO4)on2)c1. The van der Waals surface area contributed by atoms with Gasteiger partial charge in [-0.05, 0) is 42.7 Å². The van der Waals surface area contributed by atoms with Gasteiger partial charge in [0.1, 0.15) is 11.4 Å². The molecule has 0 spiro atoms. The van der Waals surface area contributed by atoms with Gasteiger partial charge >= 0.3 is 0 Å². The van der Waals surface area contributed by atoms with Crippen molar-refractivity contribution in [3.8, 4) is 28.5 Å². The van der Waals surface area contributed by atoms with E-state index in [1.54, 1.807) is 13.2 Å². The topological polar surface area (TPSA) is 74.0 Å². The third kappa shape index (κ3) is 3.83. The maximum absolute atomic E-state index is 13.3. The Balaban J connectivity index is 1.38. The first-order valence-corrected chi connectivity index (χ1v) is 10.5. The van der Waals surface area contributed by atoms with Crippen LogP contribution in [0.4, 0.5) is 0 Å². The van der Waals surface area contributed by atoms with Gasteiger partial charge in [-0.3, -0.25) is 4.79 Å². The first kappa shape index (κ1) is 19.5. The largest absolute Gasteiger partial charge is 0.497 e. The second-order valence-corrected chi connectivity index (χ2v) is 7.72. The molecule has 160 valence electrons. The maximum atomic E-state index is 13.3. The third-order valence-electron chi connectivity index (χ3n) is 5.76. The van der Waals surface area contributed by atoms with Crippen molar-refractivity contribution >= 4 is 5.91 Å². The first-order valence-electron chi connectivity index (χ1n) is 10.5. The lowest BCUT2D eigenvalue weighted by Crippen LogP contribution is -2.30. The lowest BCUT2D eigenvalue weighted by molar-refractivity contribution is 0.0693. The predicted molar refractivity (Wildman–Crippen MR) is 114 cm³/mol. The van der Waals surface area contributed by atoms with Crippen molar-refractivity contribution in [1.82, 2.24) is 10.1 Å². The fourth-order valence-electron chi connectivity index (χ4n) is 4.18. The minimum absolute atomic E-state index is 0.0324. The third-order valence-corrected chi connectivity index (χ3v) is 5.76. The second kappa shape index (κ2) is 8.34. The van der Waals surface area contributed by atoms with Gasteiger partial charge in [0.05, 0.1) is 26.4 Å². The van der Waals surface area contributed by atoms with Crippen LogP contribution in [0.5, 0.6) is 17.2 Å². The summed E-state index contributed by atoms with van der Waals surface area (Å²) in [5.74, 6) is 2.31. The minimum atomic E-state index is -0.156. The number of benzene rings is 2. The first-order chi connectivity index (χ1) is 15.2. The molecular formula is C24H24N2O5. The average Bonchev–Trinajstić information content (AvgIpc) is 3.44. The van der Waals surface area contributed by atoms with Gasteiger partial charge in [0.2, 0.25) is 5.76 Å². The van der Waals surface area contributed by atoms with Gasteiger partial charge < -0.3 is 23.6 Å². The zero-order valence-corrected chi connectivity index (χ0v) is 17.4. The lowest BCUT2D eigenvalue weighted by Gasteiger charge is -2.24. The van der Waals surface area contributed by atoms with Gasteiger partial charge in [-0.1, -0.05) is 23.4 Å². The highest BCUT2D eigenvalue weighted by molar-refractivity contribution is 5.93. The molecule has 7 heteroatoms. The van der Waals surface area contributed by atoms with Crippen molar-refractivity contribution in [3.63, 3.8) is 0 Å². The van der Waals surface area contributed by atoms with Crippen molar-refractivity contribution in [2.24, 2.45) is 0 Å². The van der Waals surface area contributed by atoms with Gasteiger partial charge in [-0.25, -0.2) is 0 Å². The van der Waals surface area contributed by atoms with Crippen molar-refractivity contribution in [2.75, 3.05) is 26.9 Å². The lowest BCUT2D eigenvalue weighted by atomic mass is 10.0. The normalized spacial score (nSPS) is 18.0. The molecule has 0 bridgehead atoms. The number of aromatic nitrogens is 1. The van der Waals surface area contributed by atoms with Crippen LogP contribution in [0.2, 0.25) is 0 Å². The molecule has 1 fully saturated rings. The van der Waals surface area contributed by atoms with Crippen LogP contribution >= 0.6 is 0 Å². The smallest absolute Gasteiger partial charge is 0.292 e. The maximum Gasteiger partial charge on any atom is 0.292 e. The number of rotatable bonds is 4. The number of hydrogen-bond donors (Lipinski definition) is 0. The molecule has 3 heterocycles. The summed E-state index contributed by atoms with van der Waals surface area (Å²) in [5.41, 5.74) is 2.49. The summed E-state index contributed by atoms with van der Waals surface area (Å²) >= 11 is 0. The number of methoxy groups -OCH3 is 1. The van der Waals surface area contributed by atoms with Crippen molar-refractivity contribution in [2.45, 2.75) is 25.3 Å². The number of likely N-dealkylation sites (tertiary alicyclic amines) is 1. The molecule has 5 rings (SSSR count). The molecule has 2 aromatic carbocycles. The zero-order chi connectivity index (χ0) is 21.2. The minimum Gasteiger partial charge on any atom is -0.497 e. The highest BCUT2D eigenvalue weighted by Crippen LogP contribution is 2.38. The Labute approximate surface area is 180 Å². The molecule has 1 amide bonds. The Bertz CT molecular complexity index is 1090. The molecule has 3 aromatic rings. The summed E-state index contributed by atoms with van der Waals surface area (Å²) in [4.78, 5) is 15.1.